The second kappa shape index (κ2) is 7.09. The van der Waals surface area contributed by atoms with Crippen LogP contribution in [0.1, 0.15) is 21.8 Å². The number of nitrogens with zero attached hydrogens (tertiary/aromatic N) is 2. The van der Waals surface area contributed by atoms with E-state index in [9.17, 15) is 9.18 Å². The van der Waals surface area contributed by atoms with Gasteiger partial charge in [0.1, 0.15) is 18.0 Å². The number of aromatic nitrogens is 2. The lowest BCUT2D eigenvalue weighted by Gasteiger charge is -2.22. The lowest BCUT2D eigenvalue weighted by atomic mass is 9.94. The summed E-state index contributed by atoms with van der Waals surface area (Å²) in [4.78, 5) is 20.2. The average Bonchev–Trinajstić information content (AvgIpc) is 3.12. The molecule has 138 valence electrons. The molecule has 27 heavy (non-hydrogen) atoms. The monoisotopic (exact) mass is 385 g/mol. The van der Waals surface area contributed by atoms with Crippen molar-refractivity contribution in [1.82, 2.24) is 15.3 Å². The zero-order valence-corrected chi connectivity index (χ0v) is 15.0. The molecule has 4 N–H and O–H groups in total. The third kappa shape index (κ3) is 3.31. The highest BCUT2D eigenvalue weighted by Gasteiger charge is 2.29. The molecule has 1 aromatic heterocycles. The molecule has 0 aliphatic carbocycles. The molecule has 2 aromatic carbocycles. The second-order valence-corrected chi connectivity index (χ2v) is 6.88. The second-order valence-electron chi connectivity index (χ2n) is 6.48. The number of para-hydroxylation sites is 1. The van der Waals surface area contributed by atoms with Crippen molar-refractivity contribution in [1.29, 1.82) is 0 Å². The summed E-state index contributed by atoms with van der Waals surface area (Å²) in [6.07, 6.45) is 1.40. The number of hydrogen-bond acceptors (Lipinski definition) is 5. The quantitative estimate of drug-likeness (QED) is 0.642. The minimum absolute atomic E-state index is 0.0130. The summed E-state index contributed by atoms with van der Waals surface area (Å²) in [5, 5.41) is 7.55. The van der Waals surface area contributed by atoms with Crippen LogP contribution in [0.25, 0.3) is 10.9 Å². The molecule has 1 saturated heterocycles. The van der Waals surface area contributed by atoms with Crippen molar-refractivity contribution in [3.63, 3.8) is 0 Å². The van der Waals surface area contributed by atoms with Gasteiger partial charge in [0.2, 0.25) is 0 Å². The Morgan fingerprint density at radius 1 is 1.26 bits per heavy atom. The predicted octanol–water partition coefficient (Wildman–Crippen LogP) is 2.69. The fourth-order valence-corrected chi connectivity index (χ4v) is 3.62. The minimum Gasteiger partial charge on any atom is -0.366 e. The van der Waals surface area contributed by atoms with Gasteiger partial charge in [-0.3, -0.25) is 4.79 Å². The third-order valence-corrected chi connectivity index (χ3v) is 5.14. The molecule has 1 aliphatic heterocycles. The number of carbonyl (C=O) groups is 1. The Morgan fingerprint density at radius 3 is 2.89 bits per heavy atom. The topological polar surface area (TPSA) is 92.9 Å². The molecule has 1 fully saturated rings. The van der Waals surface area contributed by atoms with E-state index in [1.807, 2.05) is 12.1 Å². The molecule has 0 unspecified atom stereocenters. The molecule has 0 radical (unpaired) electrons. The Bertz CT molecular complexity index is 1030. The van der Waals surface area contributed by atoms with Crippen molar-refractivity contribution in [3.05, 3.63) is 64.7 Å². The third-order valence-electron chi connectivity index (χ3n) is 4.84. The largest absolute Gasteiger partial charge is 0.366 e. The number of carbonyl (C=O) groups excluding carboxylic acids is 1. The molecule has 2 heterocycles. The molecular weight excluding hydrogens is 369 g/mol. The first-order valence-electron chi connectivity index (χ1n) is 8.50. The zero-order chi connectivity index (χ0) is 19.0. The van der Waals surface area contributed by atoms with E-state index in [1.165, 1.54) is 12.4 Å². The van der Waals surface area contributed by atoms with E-state index in [0.717, 1.165) is 5.56 Å². The summed E-state index contributed by atoms with van der Waals surface area (Å²) >= 11 is 5.80. The average molecular weight is 386 g/mol. The van der Waals surface area contributed by atoms with Crippen LogP contribution in [0.3, 0.4) is 0 Å². The lowest BCUT2D eigenvalue weighted by Crippen LogP contribution is -2.28. The fourth-order valence-electron chi connectivity index (χ4n) is 3.50. The number of rotatable bonds is 4. The molecule has 1 amide bonds. The maximum absolute atomic E-state index is 13.9. The number of fused-ring (bicyclic) bond motifs is 1. The highest BCUT2D eigenvalue weighted by Crippen LogP contribution is 2.30. The molecule has 4 rings (SSSR count). The van der Waals surface area contributed by atoms with Gasteiger partial charge in [-0.25, -0.2) is 14.4 Å². The van der Waals surface area contributed by atoms with Crippen LogP contribution in [0.2, 0.25) is 5.02 Å². The summed E-state index contributed by atoms with van der Waals surface area (Å²) in [5.74, 6) is -0.321. The predicted molar refractivity (Wildman–Crippen MR) is 102 cm³/mol. The van der Waals surface area contributed by atoms with E-state index in [1.54, 1.807) is 18.2 Å². The number of amides is 1. The van der Waals surface area contributed by atoms with Crippen LogP contribution in [0, 0.1) is 5.82 Å². The molecule has 0 bridgehead atoms. The van der Waals surface area contributed by atoms with Gasteiger partial charge in [0.25, 0.3) is 5.91 Å². The zero-order valence-electron chi connectivity index (χ0n) is 14.2. The summed E-state index contributed by atoms with van der Waals surface area (Å²) in [7, 11) is 0. The SMILES string of the molecule is NC(=O)c1cccc2c(N[C@@H]3CNC[C@H]3c3ccc(Cl)c(F)c3)ncnc12. The van der Waals surface area contributed by atoms with E-state index in [0.29, 0.717) is 35.4 Å². The number of halogens is 2. The standard InChI is InChI=1S/C19H17ClFN5O/c20-14-5-4-10(6-15(14)21)13-7-23-8-16(13)26-19-12-3-1-2-11(18(22)27)17(12)24-9-25-19/h1-6,9,13,16,23H,7-8H2,(H2,22,27)(H,24,25,26)/t13-,16+/m0/s1. The van der Waals surface area contributed by atoms with E-state index >= 15 is 0 Å². The van der Waals surface area contributed by atoms with Crippen molar-refractivity contribution < 1.29 is 9.18 Å². The summed E-state index contributed by atoms with van der Waals surface area (Å²) < 4.78 is 13.9. The van der Waals surface area contributed by atoms with Gasteiger partial charge in [0, 0.05) is 30.4 Å². The van der Waals surface area contributed by atoms with Crippen LogP contribution in [0.5, 0.6) is 0 Å². The van der Waals surface area contributed by atoms with Crippen molar-refractivity contribution in [2.24, 2.45) is 5.73 Å². The van der Waals surface area contributed by atoms with Crippen molar-refractivity contribution >= 4 is 34.2 Å². The highest BCUT2D eigenvalue weighted by molar-refractivity contribution is 6.30. The number of nitrogens with one attached hydrogen (secondary N) is 2. The Hall–Kier alpha value is -2.77. The van der Waals surface area contributed by atoms with Crippen molar-refractivity contribution in [3.8, 4) is 0 Å². The number of anilines is 1. The van der Waals surface area contributed by atoms with Gasteiger partial charge in [0.15, 0.2) is 0 Å². The normalized spacial score (nSPS) is 19.3. The Labute approximate surface area is 159 Å². The van der Waals surface area contributed by atoms with Crippen LogP contribution < -0.4 is 16.4 Å². The Balaban J connectivity index is 1.68. The van der Waals surface area contributed by atoms with Crippen LogP contribution in [0.15, 0.2) is 42.7 Å². The van der Waals surface area contributed by atoms with Crippen LogP contribution in [-0.2, 0) is 0 Å². The molecule has 3 aromatic rings. The highest BCUT2D eigenvalue weighted by atomic mass is 35.5. The fraction of sp³-hybridized carbons (Fsp3) is 0.211. The van der Waals surface area contributed by atoms with Gasteiger partial charge in [-0.15, -0.1) is 0 Å². The van der Waals surface area contributed by atoms with E-state index in [-0.39, 0.29) is 17.0 Å². The van der Waals surface area contributed by atoms with Crippen LogP contribution >= 0.6 is 11.6 Å². The first kappa shape index (κ1) is 17.6. The first-order valence-corrected chi connectivity index (χ1v) is 8.88. The molecule has 0 saturated carbocycles. The number of hydrogen-bond donors (Lipinski definition) is 3. The van der Waals surface area contributed by atoms with Gasteiger partial charge in [-0.1, -0.05) is 23.7 Å². The van der Waals surface area contributed by atoms with Gasteiger partial charge < -0.3 is 16.4 Å². The first-order chi connectivity index (χ1) is 13.0. The molecular formula is C19H17ClFN5O. The number of primary amides is 1. The lowest BCUT2D eigenvalue weighted by molar-refractivity contribution is 0.100. The van der Waals surface area contributed by atoms with Crippen LogP contribution in [0.4, 0.5) is 10.2 Å². The molecule has 1 aliphatic rings. The number of benzene rings is 2. The maximum Gasteiger partial charge on any atom is 0.250 e. The van der Waals surface area contributed by atoms with Gasteiger partial charge >= 0.3 is 0 Å². The Kier molecular flexibility index (Phi) is 4.63. The summed E-state index contributed by atoms with van der Waals surface area (Å²) in [5.41, 5.74) is 7.15. The number of nitrogens with two attached hydrogens (primary N) is 1. The Morgan fingerprint density at radius 2 is 2.11 bits per heavy atom. The molecule has 8 heteroatoms. The van der Waals surface area contributed by atoms with Gasteiger partial charge in [-0.2, -0.15) is 0 Å². The molecule has 2 atom stereocenters. The van der Waals surface area contributed by atoms with Crippen molar-refractivity contribution in [2.75, 3.05) is 18.4 Å². The van der Waals surface area contributed by atoms with Crippen molar-refractivity contribution in [2.45, 2.75) is 12.0 Å². The van der Waals surface area contributed by atoms with E-state index in [4.69, 9.17) is 17.3 Å². The summed E-state index contributed by atoms with van der Waals surface area (Å²) in [6.45, 7) is 1.39. The van der Waals surface area contributed by atoms with E-state index in [2.05, 4.69) is 20.6 Å². The molecule has 0 spiro atoms. The minimum atomic E-state index is -0.540. The van der Waals surface area contributed by atoms with E-state index < -0.39 is 11.7 Å². The van der Waals surface area contributed by atoms with Gasteiger partial charge in [-0.05, 0) is 29.8 Å². The van der Waals surface area contributed by atoms with Gasteiger partial charge in [0.05, 0.1) is 16.1 Å². The smallest absolute Gasteiger partial charge is 0.250 e. The summed E-state index contributed by atoms with van der Waals surface area (Å²) in [6, 6.07) is 10.1. The maximum atomic E-state index is 13.9. The molecule has 6 nitrogen and oxygen atoms in total. The van der Waals surface area contributed by atoms with Crippen LogP contribution in [-0.4, -0.2) is 35.0 Å².